The van der Waals surface area contributed by atoms with Crippen molar-refractivity contribution in [1.82, 2.24) is 10.6 Å². The lowest BCUT2D eigenvalue weighted by Gasteiger charge is -2.23. The molecule has 33 heavy (non-hydrogen) atoms. The Hall–Kier alpha value is -3.35. The van der Waals surface area contributed by atoms with Gasteiger partial charge >= 0.3 is 12.1 Å². The first-order valence-electron chi connectivity index (χ1n) is 11.4. The van der Waals surface area contributed by atoms with Crippen LogP contribution < -0.4 is 10.6 Å². The van der Waals surface area contributed by atoms with E-state index in [2.05, 4.69) is 22.8 Å². The zero-order valence-corrected chi connectivity index (χ0v) is 19.3. The fraction of sp³-hybridized carbons (Fsp3) is 0.423. The monoisotopic (exact) mass is 452 g/mol. The van der Waals surface area contributed by atoms with E-state index in [1.165, 1.54) is 0 Å². The van der Waals surface area contributed by atoms with Crippen LogP contribution in [0.2, 0.25) is 0 Å². The van der Waals surface area contributed by atoms with E-state index < -0.39 is 18.1 Å². The van der Waals surface area contributed by atoms with Gasteiger partial charge in [0.25, 0.3) is 0 Å². The van der Waals surface area contributed by atoms with E-state index in [0.29, 0.717) is 6.42 Å². The maximum Gasteiger partial charge on any atom is 0.407 e. The number of hydrogen-bond donors (Lipinski definition) is 3. The predicted octanol–water partition coefficient (Wildman–Crippen LogP) is 4.17. The number of hydrogen-bond acceptors (Lipinski definition) is 4. The Bertz CT molecular complexity index is 958. The average Bonchev–Trinajstić information content (AvgIpc) is 3.12. The van der Waals surface area contributed by atoms with Crippen LogP contribution >= 0.6 is 0 Å². The number of rotatable bonds is 10. The minimum absolute atomic E-state index is 0.0110. The molecule has 1 aliphatic rings. The SMILES string of the molecule is CCC(CNC(=O)[C@@H](NC(=O)OCC1c2ccccc2-c2ccccc21)C(C)C)CC(=O)O. The molecule has 2 amide bonds. The summed E-state index contributed by atoms with van der Waals surface area (Å²) in [7, 11) is 0. The summed E-state index contributed by atoms with van der Waals surface area (Å²) in [5, 5.41) is 14.4. The summed E-state index contributed by atoms with van der Waals surface area (Å²) < 4.78 is 5.56. The Kier molecular flexibility index (Phi) is 8.09. The van der Waals surface area contributed by atoms with Crippen molar-refractivity contribution in [2.45, 2.75) is 45.6 Å². The van der Waals surface area contributed by atoms with Crippen LogP contribution in [-0.4, -0.2) is 42.3 Å². The molecule has 0 radical (unpaired) electrons. The van der Waals surface area contributed by atoms with Gasteiger partial charge in [-0.2, -0.15) is 0 Å². The summed E-state index contributed by atoms with van der Waals surface area (Å²) in [6, 6.07) is 15.4. The third kappa shape index (κ3) is 5.92. The highest BCUT2D eigenvalue weighted by atomic mass is 16.5. The van der Waals surface area contributed by atoms with Gasteiger partial charge in [0.05, 0.1) is 0 Å². The maximum atomic E-state index is 12.7. The zero-order valence-electron chi connectivity index (χ0n) is 19.3. The molecule has 0 fully saturated rings. The fourth-order valence-electron chi connectivity index (χ4n) is 4.26. The van der Waals surface area contributed by atoms with Gasteiger partial charge in [-0.3, -0.25) is 9.59 Å². The quantitative estimate of drug-likeness (QED) is 0.502. The van der Waals surface area contributed by atoms with Gasteiger partial charge in [-0.1, -0.05) is 75.7 Å². The van der Waals surface area contributed by atoms with E-state index in [4.69, 9.17) is 9.84 Å². The van der Waals surface area contributed by atoms with Crippen LogP contribution in [0, 0.1) is 11.8 Å². The van der Waals surface area contributed by atoms with Crippen LogP contribution in [0.4, 0.5) is 4.79 Å². The molecule has 0 aliphatic heterocycles. The minimum Gasteiger partial charge on any atom is -0.481 e. The lowest BCUT2D eigenvalue weighted by atomic mass is 9.98. The molecule has 1 unspecified atom stereocenters. The zero-order chi connectivity index (χ0) is 24.0. The average molecular weight is 453 g/mol. The Balaban J connectivity index is 1.59. The molecule has 0 spiro atoms. The molecule has 0 bridgehead atoms. The standard InChI is InChI=1S/C26H32N2O5/c1-4-17(13-23(29)30)14-27-25(31)24(16(2)3)28-26(32)33-15-22-20-11-7-5-9-18(20)19-10-6-8-12-21(19)22/h5-12,16-17,22,24H,4,13-15H2,1-3H3,(H,27,31)(H,28,32)(H,29,30)/t17?,24-/m0/s1. The topological polar surface area (TPSA) is 105 Å². The molecular formula is C26H32N2O5. The summed E-state index contributed by atoms with van der Waals surface area (Å²) in [5.41, 5.74) is 4.53. The number of carbonyl (C=O) groups excluding carboxylic acids is 2. The molecule has 7 nitrogen and oxygen atoms in total. The number of alkyl carbamates (subject to hydrolysis) is 1. The van der Waals surface area contributed by atoms with Crippen molar-refractivity contribution < 1.29 is 24.2 Å². The summed E-state index contributed by atoms with van der Waals surface area (Å²) in [6.07, 6.45) is -0.0231. The van der Waals surface area contributed by atoms with Gasteiger partial charge in [0.1, 0.15) is 12.6 Å². The van der Waals surface area contributed by atoms with E-state index in [1.807, 2.05) is 57.2 Å². The Morgan fingerprint density at radius 3 is 2.09 bits per heavy atom. The number of amides is 2. The summed E-state index contributed by atoms with van der Waals surface area (Å²) in [4.78, 5) is 36.2. The van der Waals surface area contributed by atoms with Gasteiger partial charge in [0.2, 0.25) is 5.91 Å². The van der Waals surface area contributed by atoms with Crippen LogP contribution in [0.15, 0.2) is 48.5 Å². The first-order chi connectivity index (χ1) is 15.8. The van der Waals surface area contributed by atoms with Crippen molar-refractivity contribution in [3.05, 3.63) is 59.7 Å². The number of carboxylic acids is 1. The second kappa shape index (κ2) is 11.0. The van der Waals surface area contributed by atoms with Gasteiger partial charge in [-0.15, -0.1) is 0 Å². The van der Waals surface area contributed by atoms with Crippen molar-refractivity contribution in [3.63, 3.8) is 0 Å². The lowest BCUT2D eigenvalue weighted by molar-refractivity contribution is -0.138. The van der Waals surface area contributed by atoms with Gasteiger partial charge in [0, 0.05) is 18.9 Å². The van der Waals surface area contributed by atoms with Crippen LogP contribution in [-0.2, 0) is 14.3 Å². The van der Waals surface area contributed by atoms with Crippen molar-refractivity contribution in [2.75, 3.05) is 13.2 Å². The molecule has 0 aromatic heterocycles. The normalized spacial score (nSPS) is 14.2. The van der Waals surface area contributed by atoms with Gasteiger partial charge in [0.15, 0.2) is 0 Å². The summed E-state index contributed by atoms with van der Waals surface area (Å²) >= 11 is 0. The number of carbonyl (C=O) groups is 3. The largest absolute Gasteiger partial charge is 0.481 e. The molecule has 7 heteroatoms. The number of nitrogens with one attached hydrogen (secondary N) is 2. The number of ether oxygens (including phenoxy) is 1. The Morgan fingerprint density at radius 1 is 1.00 bits per heavy atom. The van der Waals surface area contributed by atoms with Crippen LogP contribution in [0.1, 0.15) is 50.7 Å². The molecule has 176 valence electrons. The van der Waals surface area contributed by atoms with E-state index in [0.717, 1.165) is 22.3 Å². The Morgan fingerprint density at radius 2 is 1.58 bits per heavy atom. The van der Waals surface area contributed by atoms with Crippen LogP contribution in [0.25, 0.3) is 11.1 Å². The Labute approximate surface area is 194 Å². The molecular weight excluding hydrogens is 420 g/mol. The van der Waals surface area contributed by atoms with Crippen LogP contribution in [0.3, 0.4) is 0 Å². The number of benzene rings is 2. The second-order valence-corrected chi connectivity index (χ2v) is 8.81. The third-order valence-electron chi connectivity index (χ3n) is 6.17. The molecule has 2 aromatic rings. The molecule has 0 heterocycles. The number of carboxylic acid groups (broad SMARTS) is 1. The highest BCUT2D eigenvalue weighted by Crippen LogP contribution is 2.44. The molecule has 0 saturated carbocycles. The van der Waals surface area contributed by atoms with Crippen molar-refractivity contribution >= 4 is 18.0 Å². The second-order valence-electron chi connectivity index (χ2n) is 8.81. The van der Waals surface area contributed by atoms with Gasteiger partial charge < -0.3 is 20.5 Å². The summed E-state index contributed by atoms with van der Waals surface area (Å²) in [6.45, 7) is 5.97. The van der Waals surface area contributed by atoms with Crippen molar-refractivity contribution in [1.29, 1.82) is 0 Å². The highest BCUT2D eigenvalue weighted by molar-refractivity contribution is 5.86. The third-order valence-corrected chi connectivity index (χ3v) is 6.17. The molecule has 2 aromatic carbocycles. The van der Waals surface area contributed by atoms with E-state index in [1.54, 1.807) is 0 Å². The fourth-order valence-corrected chi connectivity index (χ4v) is 4.26. The predicted molar refractivity (Wildman–Crippen MR) is 126 cm³/mol. The van der Waals surface area contributed by atoms with E-state index >= 15 is 0 Å². The molecule has 0 saturated heterocycles. The minimum atomic E-state index is -0.895. The number of fused-ring (bicyclic) bond motifs is 3. The van der Waals surface area contributed by atoms with Crippen molar-refractivity contribution in [2.24, 2.45) is 11.8 Å². The maximum absolute atomic E-state index is 12.7. The van der Waals surface area contributed by atoms with Crippen LogP contribution in [0.5, 0.6) is 0 Å². The van der Waals surface area contributed by atoms with E-state index in [9.17, 15) is 14.4 Å². The first-order valence-corrected chi connectivity index (χ1v) is 11.4. The van der Waals surface area contributed by atoms with Gasteiger partial charge in [-0.05, 0) is 34.1 Å². The summed E-state index contributed by atoms with van der Waals surface area (Å²) in [5.74, 6) is -1.62. The molecule has 3 N–H and O–H groups in total. The molecule has 3 rings (SSSR count). The first kappa shape index (κ1) is 24.3. The lowest BCUT2D eigenvalue weighted by Crippen LogP contribution is -2.50. The van der Waals surface area contributed by atoms with Crippen molar-refractivity contribution in [3.8, 4) is 11.1 Å². The number of aliphatic carboxylic acids is 1. The smallest absolute Gasteiger partial charge is 0.407 e. The molecule has 1 aliphatic carbocycles. The highest BCUT2D eigenvalue weighted by Gasteiger charge is 2.30. The van der Waals surface area contributed by atoms with E-state index in [-0.39, 0.29) is 43.2 Å². The van der Waals surface area contributed by atoms with Gasteiger partial charge in [-0.25, -0.2) is 4.79 Å². The molecule has 2 atom stereocenters.